The molecule has 1 aliphatic heterocycles. The van der Waals surface area contributed by atoms with Crippen molar-refractivity contribution >= 4 is 5.91 Å². The number of carbonyl (C=O) groups excluding carboxylic acids is 1. The van der Waals surface area contributed by atoms with Gasteiger partial charge in [-0.25, -0.2) is 0 Å². The summed E-state index contributed by atoms with van der Waals surface area (Å²) in [6, 6.07) is -0.204. The van der Waals surface area contributed by atoms with Crippen LogP contribution in [0.25, 0.3) is 0 Å². The van der Waals surface area contributed by atoms with Crippen molar-refractivity contribution in [3.05, 3.63) is 0 Å². The van der Waals surface area contributed by atoms with Gasteiger partial charge in [0.15, 0.2) is 0 Å². The standard InChI is InChI=1S/C11H22N2O2/c1-5-10(2,3)13-9(14)11(4)7-15-6-8(11)12/h8H,5-7,12H2,1-4H3,(H,13,14). The Kier molecular flexibility index (Phi) is 3.41. The first-order valence-corrected chi connectivity index (χ1v) is 5.48. The Morgan fingerprint density at radius 3 is 2.67 bits per heavy atom. The molecule has 1 heterocycles. The van der Waals surface area contributed by atoms with Gasteiger partial charge in [-0.1, -0.05) is 6.92 Å². The average Bonchev–Trinajstić information content (AvgIpc) is 2.48. The first kappa shape index (κ1) is 12.5. The lowest BCUT2D eigenvalue weighted by Crippen LogP contribution is -2.55. The van der Waals surface area contributed by atoms with Gasteiger partial charge in [0.05, 0.1) is 18.6 Å². The van der Waals surface area contributed by atoms with Crippen LogP contribution in [0.5, 0.6) is 0 Å². The molecule has 0 aliphatic carbocycles. The minimum Gasteiger partial charge on any atom is -0.379 e. The maximum absolute atomic E-state index is 12.1. The molecule has 2 atom stereocenters. The minimum atomic E-state index is -0.577. The maximum Gasteiger partial charge on any atom is 0.230 e. The van der Waals surface area contributed by atoms with Crippen LogP contribution in [-0.4, -0.2) is 30.7 Å². The van der Waals surface area contributed by atoms with E-state index < -0.39 is 5.41 Å². The third kappa shape index (κ3) is 2.49. The van der Waals surface area contributed by atoms with Gasteiger partial charge >= 0.3 is 0 Å². The van der Waals surface area contributed by atoms with Crippen LogP contribution in [0.2, 0.25) is 0 Å². The van der Waals surface area contributed by atoms with Gasteiger partial charge in [0.2, 0.25) is 5.91 Å². The van der Waals surface area contributed by atoms with Crippen molar-refractivity contribution in [2.24, 2.45) is 11.1 Å². The summed E-state index contributed by atoms with van der Waals surface area (Å²) >= 11 is 0. The Bertz CT molecular complexity index is 253. The Labute approximate surface area is 91.5 Å². The second kappa shape index (κ2) is 4.10. The lowest BCUT2D eigenvalue weighted by atomic mass is 9.83. The molecule has 15 heavy (non-hydrogen) atoms. The fraction of sp³-hybridized carbons (Fsp3) is 0.909. The molecule has 88 valence electrons. The highest BCUT2D eigenvalue weighted by molar-refractivity contribution is 5.84. The molecule has 1 saturated heterocycles. The molecule has 3 N–H and O–H groups in total. The Hall–Kier alpha value is -0.610. The van der Waals surface area contributed by atoms with E-state index in [-0.39, 0.29) is 17.5 Å². The first-order chi connectivity index (χ1) is 6.82. The van der Waals surface area contributed by atoms with E-state index in [0.29, 0.717) is 13.2 Å². The number of hydrogen-bond donors (Lipinski definition) is 2. The third-order valence-corrected chi connectivity index (χ3v) is 3.37. The van der Waals surface area contributed by atoms with Gasteiger partial charge < -0.3 is 15.8 Å². The number of ether oxygens (including phenoxy) is 1. The van der Waals surface area contributed by atoms with Gasteiger partial charge in [-0.05, 0) is 27.2 Å². The molecule has 0 spiro atoms. The molecule has 0 radical (unpaired) electrons. The van der Waals surface area contributed by atoms with Gasteiger partial charge in [0, 0.05) is 11.6 Å². The molecule has 1 rings (SSSR count). The summed E-state index contributed by atoms with van der Waals surface area (Å²) in [4.78, 5) is 12.1. The summed E-state index contributed by atoms with van der Waals surface area (Å²) in [6.07, 6.45) is 0.894. The van der Waals surface area contributed by atoms with Gasteiger partial charge in [0.25, 0.3) is 0 Å². The van der Waals surface area contributed by atoms with Crippen molar-refractivity contribution in [1.29, 1.82) is 0 Å². The van der Waals surface area contributed by atoms with Crippen molar-refractivity contribution in [2.45, 2.75) is 45.7 Å². The van der Waals surface area contributed by atoms with Crippen LogP contribution in [0, 0.1) is 5.41 Å². The van der Waals surface area contributed by atoms with Crippen LogP contribution < -0.4 is 11.1 Å². The second-order valence-corrected chi connectivity index (χ2v) is 5.23. The smallest absolute Gasteiger partial charge is 0.230 e. The molecule has 0 bridgehead atoms. The number of nitrogens with two attached hydrogens (primary N) is 1. The van der Waals surface area contributed by atoms with E-state index in [1.54, 1.807) is 0 Å². The SMILES string of the molecule is CCC(C)(C)NC(=O)C1(C)COCC1N. The summed E-state index contributed by atoms with van der Waals surface area (Å²) in [5.74, 6) is -0.000602. The molecule has 4 heteroatoms. The molecule has 0 aromatic heterocycles. The van der Waals surface area contributed by atoms with E-state index in [1.165, 1.54) is 0 Å². The van der Waals surface area contributed by atoms with E-state index in [0.717, 1.165) is 6.42 Å². The van der Waals surface area contributed by atoms with Gasteiger partial charge in [0.1, 0.15) is 0 Å². The van der Waals surface area contributed by atoms with Crippen molar-refractivity contribution < 1.29 is 9.53 Å². The molecule has 4 nitrogen and oxygen atoms in total. The zero-order chi connectivity index (χ0) is 11.7. The number of amides is 1. The molecule has 1 amide bonds. The fourth-order valence-electron chi connectivity index (χ4n) is 1.46. The average molecular weight is 214 g/mol. The van der Waals surface area contributed by atoms with Gasteiger partial charge in [-0.2, -0.15) is 0 Å². The summed E-state index contributed by atoms with van der Waals surface area (Å²) in [7, 11) is 0. The quantitative estimate of drug-likeness (QED) is 0.725. The molecular weight excluding hydrogens is 192 g/mol. The largest absolute Gasteiger partial charge is 0.379 e. The van der Waals surface area contributed by atoms with Crippen LogP contribution >= 0.6 is 0 Å². The third-order valence-electron chi connectivity index (χ3n) is 3.37. The van der Waals surface area contributed by atoms with Crippen LogP contribution in [-0.2, 0) is 9.53 Å². The first-order valence-electron chi connectivity index (χ1n) is 5.48. The van der Waals surface area contributed by atoms with Crippen LogP contribution in [0.15, 0.2) is 0 Å². The fourth-order valence-corrected chi connectivity index (χ4v) is 1.46. The molecule has 0 aromatic carbocycles. The van der Waals surface area contributed by atoms with Crippen molar-refractivity contribution in [3.8, 4) is 0 Å². The summed E-state index contributed by atoms with van der Waals surface area (Å²) in [5.41, 5.74) is 5.13. The Balaban J connectivity index is 2.68. The number of nitrogens with one attached hydrogen (secondary N) is 1. The van der Waals surface area contributed by atoms with Crippen molar-refractivity contribution in [3.63, 3.8) is 0 Å². The van der Waals surface area contributed by atoms with Gasteiger partial charge in [-0.3, -0.25) is 4.79 Å². The zero-order valence-electron chi connectivity index (χ0n) is 10.1. The molecular formula is C11H22N2O2. The highest BCUT2D eigenvalue weighted by Crippen LogP contribution is 2.28. The van der Waals surface area contributed by atoms with E-state index in [1.807, 2.05) is 27.7 Å². The maximum atomic E-state index is 12.1. The number of rotatable bonds is 3. The van der Waals surface area contributed by atoms with Crippen molar-refractivity contribution in [1.82, 2.24) is 5.32 Å². The summed E-state index contributed by atoms with van der Waals surface area (Å²) in [5, 5.41) is 3.02. The van der Waals surface area contributed by atoms with E-state index >= 15 is 0 Å². The Morgan fingerprint density at radius 1 is 1.67 bits per heavy atom. The normalized spacial score (nSPS) is 31.7. The molecule has 1 fully saturated rings. The van der Waals surface area contributed by atoms with Gasteiger partial charge in [-0.15, -0.1) is 0 Å². The minimum absolute atomic E-state index is 0.000602. The second-order valence-electron chi connectivity index (χ2n) is 5.23. The zero-order valence-corrected chi connectivity index (χ0v) is 10.1. The lowest BCUT2D eigenvalue weighted by Gasteiger charge is -2.32. The van der Waals surface area contributed by atoms with Crippen LogP contribution in [0.3, 0.4) is 0 Å². The predicted octanol–water partition coefficient (Wildman–Crippen LogP) is 0.655. The lowest BCUT2D eigenvalue weighted by molar-refractivity contribution is -0.132. The number of carbonyl (C=O) groups is 1. The molecule has 0 aromatic rings. The van der Waals surface area contributed by atoms with Crippen LogP contribution in [0.4, 0.5) is 0 Å². The van der Waals surface area contributed by atoms with Crippen molar-refractivity contribution in [2.75, 3.05) is 13.2 Å². The monoisotopic (exact) mass is 214 g/mol. The highest BCUT2D eigenvalue weighted by Gasteiger charge is 2.45. The summed E-state index contributed by atoms with van der Waals surface area (Å²) < 4.78 is 5.26. The summed E-state index contributed by atoms with van der Waals surface area (Å²) in [6.45, 7) is 8.82. The Morgan fingerprint density at radius 2 is 2.27 bits per heavy atom. The van der Waals surface area contributed by atoms with E-state index in [4.69, 9.17) is 10.5 Å². The van der Waals surface area contributed by atoms with E-state index in [2.05, 4.69) is 5.32 Å². The molecule has 0 saturated carbocycles. The van der Waals surface area contributed by atoms with Crippen LogP contribution in [0.1, 0.15) is 34.1 Å². The molecule has 2 unspecified atom stereocenters. The number of hydrogen-bond acceptors (Lipinski definition) is 3. The van der Waals surface area contributed by atoms with E-state index in [9.17, 15) is 4.79 Å². The topological polar surface area (TPSA) is 64.3 Å². The molecule has 1 aliphatic rings. The predicted molar refractivity (Wildman–Crippen MR) is 59.4 cm³/mol. The highest BCUT2D eigenvalue weighted by atomic mass is 16.5.